The molecule has 0 aliphatic carbocycles. The van der Waals surface area contributed by atoms with Crippen molar-refractivity contribution < 1.29 is 13.9 Å². The molecular formula is C26H27ClFN7O2S. The molecule has 2 aliphatic rings. The minimum atomic E-state index is -0.500. The molecule has 0 radical (unpaired) electrons. The van der Waals surface area contributed by atoms with Gasteiger partial charge in [0.2, 0.25) is 23.8 Å². The average molecular weight is 556 g/mol. The average Bonchev–Trinajstić information content (AvgIpc) is 3.34. The lowest BCUT2D eigenvalue weighted by molar-refractivity contribution is 0.172. The Morgan fingerprint density at radius 2 is 1.74 bits per heavy atom. The highest BCUT2D eigenvalue weighted by Gasteiger charge is 2.22. The molecule has 0 atom stereocenters. The monoisotopic (exact) mass is 555 g/mol. The van der Waals surface area contributed by atoms with E-state index < -0.39 is 5.82 Å². The molecule has 2 aromatic carbocycles. The summed E-state index contributed by atoms with van der Waals surface area (Å²) in [4.78, 5) is 18.1. The van der Waals surface area contributed by atoms with Gasteiger partial charge in [-0.3, -0.25) is 10.2 Å². The number of aryl methyl sites for hydroxylation is 2. The molecule has 12 heteroatoms. The third kappa shape index (κ3) is 6.47. The second kappa shape index (κ2) is 11.5. The van der Waals surface area contributed by atoms with Gasteiger partial charge in [-0.25, -0.2) is 14.4 Å². The lowest BCUT2D eigenvalue weighted by atomic mass is 10.1. The van der Waals surface area contributed by atoms with Crippen LogP contribution in [0.5, 0.6) is 11.5 Å². The zero-order valence-corrected chi connectivity index (χ0v) is 22.6. The van der Waals surface area contributed by atoms with Crippen LogP contribution in [0.4, 0.5) is 16.0 Å². The van der Waals surface area contributed by atoms with Crippen molar-refractivity contribution >= 4 is 46.5 Å². The van der Waals surface area contributed by atoms with Gasteiger partial charge in [-0.2, -0.15) is 4.99 Å². The van der Waals surface area contributed by atoms with Crippen molar-refractivity contribution in [2.45, 2.75) is 20.4 Å². The topological polar surface area (TPSA) is 87.1 Å². The maximum atomic E-state index is 13.6. The number of guanidine groups is 1. The first-order valence-corrected chi connectivity index (χ1v) is 12.9. The molecule has 1 fully saturated rings. The standard InChI is InChI=1S/C26H27ClFN7O2S/c1-16-11-17(2)30-24(29-16)32-25(33-26(38)31-19-4-5-21(28)20(27)13-19)35-9-7-34(8-10-35)14-18-3-6-22-23(12-18)37-15-36-22/h3-6,11-13H,7-10,14-15H2,1-2H3,(H2,29,30,31,32,33,38). The van der Waals surface area contributed by atoms with Crippen molar-refractivity contribution in [2.24, 2.45) is 4.99 Å². The molecule has 5 rings (SSSR count). The number of aromatic nitrogens is 2. The van der Waals surface area contributed by atoms with Crippen molar-refractivity contribution in [3.05, 3.63) is 70.3 Å². The molecular weight excluding hydrogens is 529 g/mol. The van der Waals surface area contributed by atoms with Crippen molar-refractivity contribution in [1.82, 2.24) is 19.8 Å². The number of anilines is 2. The van der Waals surface area contributed by atoms with E-state index in [-0.39, 0.29) is 16.9 Å². The summed E-state index contributed by atoms with van der Waals surface area (Å²) >= 11 is 11.4. The van der Waals surface area contributed by atoms with Gasteiger partial charge >= 0.3 is 0 Å². The number of ether oxygens (including phenoxy) is 2. The molecule has 0 unspecified atom stereocenters. The number of nitrogens with zero attached hydrogens (tertiary/aromatic N) is 5. The Morgan fingerprint density at radius 3 is 2.47 bits per heavy atom. The molecule has 0 spiro atoms. The van der Waals surface area contributed by atoms with E-state index >= 15 is 0 Å². The zero-order chi connectivity index (χ0) is 26.6. The zero-order valence-electron chi connectivity index (χ0n) is 21.0. The Balaban J connectivity index is 1.29. The van der Waals surface area contributed by atoms with Gasteiger partial charge in [-0.05, 0) is 68.0 Å². The second-order valence-corrected chi connectivity index (χ2v) is 9.84. The van der Waals surface area contributed by atoms with E-state index in [9.17, 15) is 4.39 Å². The summed E-state index contributed by atoms with van der Waals surface area (Å²) in [5, 5.41) is 6.45. The summed E-state index contributed by atoms with van der Waals surface area (Å²) in [5.74, 6) is 2.04. The minimum Gasteiger partial charge on any atom is -0.454 e. The lowest BCUT2D eigenvalue weighted by Crippen LogP contribution is -2.50. The number of hydrogen-bond donors (Lipinski definition) is 2. The first kappa shape index (κ1) is 26.1. The lowest BCUT2D eigenvalue weighted by Gasteiger charge is -2.36. The summed E-state index contributed by atoms with van der Waals surface area (Å²) in [6.45, 7) is 7.95. The maximum absolute atomic E-state index is 13.6. The molecule has 9 nitrogen and oxygen atoms in total. The normalized spacial score (nSPS) is 15.5. The Bertz CT molecular complexity index is 1360. The van der Waals surface area contributed by atoms with Gasteiger partial charge in [-0.1, -0.05) is 17.7 Å². The van der Waals surface area contributed by atoms with Crippen molar-refractivity contribution in [3.8, 4) is 11.5 Å². The van der Waals surface area contributed by atoms with Crippen LogP contribution in [0.2, 0.25) is 5.02 Å². The van der Waals surface area contributed by atoms with Gasteiger partial charge in [0.15, 0.2) is 11.5 Å². The van der Waals surface area contributed by atoms with Crippen molar-refractivity contribution in [3.63, 3.8) is 0 Å². The van der Waals surface area contributed by atoms with E-state index in [0.717, 1.165) is 42.5 Å². The number of thiocarbonyl (C=S) groups is 1. The fourth-order valence-corrected chi connectivity index (χ4v) is 4.68. The quantitative estimate of drug-likeness (QED) is 0.272. The van der Waals surface area contributed by atoms with Crippen molar-refractivity contribution in [2.75, 3.05) is 43.6 Å². The van der Waals surface area contributed by atoms with E-state index in [1.54, 1.807) is 6.07 Å². The molecule has 0 bridgehead atoms. The fraction of sp³-hybridized carbons (Fsp3) is 0.308. The molecule has 1 saturated heterocycles. The van der Waals surface area contributed by atoms with E-state index in [1.165, 1.54) is 17.7 Å². The van der Waals surface area contributed by atoms with Crippen LogP contribution in [0.3, 0.4) is 0 Å². The molecule has 2 N–H and O–H groups in total. The Morgan fingerprint density at radius 1 is 1.00 bits per heavy atom. The van der Waals surface area contributed by atoms with Gasteiger partial charge in [0.25, 0.3) is 0 Å². The largest absolute Gasteiger partial charge is 0.454 e. The summed E-state index contributed by atoms with van der Waals surface area (Å²) in [7, 11) is 0. The predicted molar refractivity (Wildman–Crippen MR) is 150 cm³/mol. The molecule has 1 aromatic heterocycles. The smallest absolute Gasteiger partial charge is 0.231 e. The Kier molecular flexibility index (Phi) is 7.87. The van der Waals surface area contributed by atoms with Crippen LogP contribution in [0, 0.1) is 19.7 Å². The van der Waals surface area contributed by atoms with Crippen LogP contribution in [-0.2, 0) is 6.54 Å². The number of hydrogen-bond acceptors (Lipinski definition) is 6. The molecule has 3 aromatic rings. The van der Waals surface area contributed by atoms with Gasteiger partial charge in [0, 0.05) is 49.8 Å². The number of rotatable bonds is 4. The molecule has 0 saturated carbocycles. The number of nitrogens with one attached hydrogen (secondary N) is 2. The van der Waals surface area contributed by atoms with Crippen LogP contribution in [-0.4, -0.2) is 63.8 Å². The number of piperazine rings is 1. The van der Waals surface area contributed by atoms with Crippen LogP contribution >= 0.6 is 23.8 Å². The third-order valence-corrected chi connectivity index (χ3v) is 6.58. The van der Waals surface area contributed by atoms with Gasteiger partial charge < -0.3 is 19.7 Å². The highest BCUT2D eigenvalue weighted by atomic mass is 35.5. The van der Waals surface area contributed by atoms with E-state index in [0.29, 0.717) is 30.7 Å². The van der Waals surface area contributed by atoms with Crippen LogP contribution in [0.25, 0.3) is 0 Å². The summed E-state index contributed by atoms with van der Waals surface area (Å²) < 4.78 is 24.5. The van der Waals surface area contributed by atoms with Gasteiger partial charge in [-0.15, -0.1) is 0 Å². The van der Waals surface area contributed by atoms with E-state index in [1.807, 2.05) is 32.0 Å². The first-order valence-electron chi connectivity index (χ1n) is 12.1. The van der Waals surface area contributed by atoms with Crippen molar-refractivity contribution in [1.29, 1.82) is 0 Å². The fourth-order valence-electron chi connectivity index (χ4n) is 4.30. The molecule has 38 heavy (non-hydrogen) atoms. The number of halogens is 2. The SMILES string of the molecule is Cc1cc(C)nc(N/C(=N/C(=S)Nc2ccc(F)c(Cl)c2)N2CCN(Cc3ccc4c(c3)OCO4)CC2)n1. The predicted octanol–water partition coefficient (Wildman–Crippen LogP) is 4.60. The van der Waals surface area contributed by atoms with E-state index in [2.05, 4.69) is 41.5 Å². The second-order valence-electron chi connectivity index (χ2n) is 9.04. The highest BCUT2D eigenvalue weighted by Crippen LogP contribution is 2.33. The molecule has 0 amide bonds. The van der Waals surface area contributed by atoms with Gasteiger partial charge in [0.05, 0.1) is 5.02 Å². The number of aliphatic imine (C=N–C) groups is 1. The Labute approximate surface area is 230 Å². The number of fused-ring (bicyclic) bond motifs is 1. The number of benzene rings is 2. The molecule has 2 aliphatic heterocycles. The van der Waals surface area contributed by atoms with Crippen LogP contribution in [0.1, 0.15) is 17.0 Å². The summed E-state index contributed by atoms with van der Waals surface area (Å²) in [6, 6.07) is 12.3. The first-order chi connectivity index (χ1) is 18.3. The minimum absolute atomic E-state index is 0.00217. The van der Waals surface area contributed by atoms with Gasteiger partial charge in [0.1, 0.15) is 5.82 Å². The maximum Gasteiger partial charge on any atom is 0.231 e. The van der Waals surface area contributed by atoms with E-state index in [4.69, 9.17) is 33.3 Å². The Hall–Kier alpha value is -3.54. The summed E-state index contributed by atoms with van der Waals surface area (Å²) in [5.41, 5.74) is 3.39. The third-order valence-electron chi connectivity index (χ3n) is 6.10. The van der Waals surface area contributed by atoms with Crippen LogP contribution < -0.4 is 20.1 Å². The molecule has 198 valence electrons. The molecule has 3 heterocycles. The highest BCUT2D eigenvalue weighted by molar-refractivity contribution is 7.80. The summed E-state index contributed by atoms with van der Waals surface area (Å²) in [6.07, 6.45) is 0. The van der Waals surface area contributed by atoms with Crippen LogP contribution in [0.15, 0.2) is 47.5 Å².